The molecule has 26 heavy (non-hydrogen) atoms. The first kappa shape index (κ1) is 16.5. The summed E-state index contributed by atoms with van der Waals surface area (Å²) in [7, 11) is 0. The lowest BCUT2D eigenvalue weighted by Crippen LogP contribution is -2.11. The summed E-state index contributed by atoms with van der Waals surface area (Å²) in [5.74, 6) is 0. The molecule has 0 radical (unpaired) electrons. The lowest BCUT2D eigenvalue weighted by molar-refractivity contribution is 0.0717. The topological polar surface area (TPSA) is 12.5 Å². The summed E-state index contributed by atoms with van der Waals surface area (Å²) in [5.41, 5.74) is 6.18. The average Bonchev–Trinajstić information content (AvgIpc) is 3.27. The highest BCUT2D eigenvalue weighted by Crippen LogP contribution is 2.52. The van der Waals surface area contributed by atoms with E-state index in [0.717, 1.165) is 33.2 Å². The summed E-state index contributed by atoms with van der Waals surface area (Å²) in [4.78, 5) is 2.30. The minimum Gasteiger partial charge on any atom is -0.366 e. The van der Waals surface area contributed by atoms with Gasteiger partial charge in [-0.05, 0) is 84.6 Å². The summed E-state index contributed by atoms with van der Waals surface area (Å²) in [6, 6.07) is 23.7. The minimum atomic E-state index is 0.270. The van der Waals surface area contributed by atoms with Gasteiger partial charge in [-0.1, -0.05) is 37.9 Å². The second-order valence-electron chi connectivity index (χ2n) is 6.79. The molecular formula is C22H17Br2NO. The lowest BCUT2D eigenvalue weighted by atomic mass is 9.91. The SMILES string of the molecule is Brc1ccc(N(c2ccc(Br)cc2)c2ccc3c(c2)C2CCC3O2)cc1. The first-order valence-corrected chi connectivity index (χ1v) is 10.4. The maximum atomic E-state index is 6.09. The maximum Gasteiger partial charge on any atom is 0.0838 e. The molecular weight excluding hydrogens is 454 g/mol. The molecule has 130 valence electrons. The quantitative estimate of drug-likeness (QED) is 0.391. The van der Waals surface area contributed by atoms with Gasteiger partial charge in [-0.2, -0.15) is 0 Å². The lowest BCUT2D eigenvalue weighted by Gasteiger charge is -2.27. The van der Waals surface area contributed by atoms with Crippen molar-refractivity contribution in [2.75, 3.05) is 4.90 Å². The molecule has 0 amide bonds. The van der Waals surface area contributed by atoms with Crippen LogP contribution in [-0.2, 0) is 4.74 Å². The van der Waals surface area contributed by atoms with E-state index in [-0.39, 0.29) is 6.10 Å². The Morgan fingerprint density at radius 1 is 0.654 bits per heavy atom. The number of nitrogens with zero attached hydrogens (tertiary/aromatic N) is 1. The van der Waals surface area contributed by atoms with Crippen LogP contribution in [0.5, 0.6) is 0 Å². The fourth-order valence-electron chi connectivity index (χ4n) is 4.00. The Hall–Kier alpha value is -1.62. The van der Waals surface area contributed by atoms with Crippen molar-refractivity contribution < 1.29 is 4.74 Å². The predicted molar refractivity (Wildman–Crippen MR) is 112 cm³/mol. The van der Waals surface area contributed by atoms with Gasteiger partial charge in [-0.25, -0.2) is 0 Å². The van der Waals surface area contributed by atoms with Crippen LogP contribution < -0.4 is 4.90 Å². The second-order valence-corrected chi connectivity index (χ2v) is 8.62. The third-order valence-corrected chi connectivity index (χ3v) is 6.27. The van der Waals surface area contributed by atoms with Crippen molar-refractivity contribution in [3.05, 3.63) is 86.8 Å². The highest BCUT2D eigenvalue weighted by atomic mass is 79.9. The zero-order chi connectivity index (χ0) is 17.7. The Balaban J connectivity index is 1.63. The molecule has 2 nitrogen and oxygen atoms in total. The van der Waals surface area contributed by atoms with E-state index in [1.54, 1.807) is 0 Å². The number of anilines is 3. The Bertz CT molecular complexity index is 907. The molecule has 2 heterocycles. The maximum absolute atomic E-state index is 6.09. The molecule has 4 heteroatoms. The van der Waals surface area contributed by atoms with Gasteiger partial charge in [0.2, 0.25) is 0 Å². The van der Waals surface area contributed by atoms with Gasteiger partial charge in [-0.15, -0.1) is 0 Å². The number of ether oxygens (including phenoxy) is 1. The molecule has 2 unspecified atom stereocenters. The Labute approximate surface area is 170 Å². The first-order valence-electron chi connectivity index (χ1n) is 8.79. The van der Waals surface area contributed by atoms with Crippen molar-refractivity contribution >= 4 is 48.9 Å². The summed E-state index contributed by atoms with van der Waals surface area (Å²) in [6.45, 7) is 0. The number of hydrogen-bond acceptors (Lipinski definition) is 2. The highest BCUT2D eigenvalue weighted by molar-refractivity contribution is 9.10. The van der Waals surface area contributed by atoms with Gasteiger partial charge in [0.05, 0.1) is 12.2 Å². The zero-order valence-electron chi connectivity index (χ0n) is 14.0. The molecule has 5 rings (SSSR count). The van der Waals surface area contributed by atoms with Crippen molar-refractivity contribution in [1.29, 1.82) is 0 Å². The number of benzene rings is 3. The number of halogens is 2. The van der Waals surface area contributed by atoms with Crippen LogP contribution in [0.25, 0.3) is 0 Å². The van der Waals surface area contributed by atoms with E-state index in [1.165, 1.54) is 16.8 Å². The summed E-state index contributed by atoms with van der Waals surface area (Å²) >= 11 is 7.08. The number of hydrogen-bond donors (Lipinski definition) is 0. The molecule has 2 aliphatic heterocycles. The second kappa shape index (κ2) is 6.52. The Morgan fingerprint density at radius 2 is 1.15 bits per heavy atom. The smallest absolute Gasteiger partial charge is 0.0838 e. The molecule has 0 aliphatic carbocycles. The van der Waals surface area contributed by atoms with E-state index in [4.69, 9.17) is 4.74 Å². The molecule has 0 saturated carbocycles. The van der Waals surface area contributed by atoms with E-state index in [1.807, 2.05) is 0 Å². The van der Waals surface area contributed by atoms with Gasteiger partial charge in [0.25, 0.3) is 0 Å². The van der Waals surface area contributed by atoms with E-state index in [0.29, 0.717) is 6.10 Å². The fraction of sp³-hybridized carbons (Fsp3) is 0.182. The Morgan fingerprint density at radius 3 is 1.73 bits per heavy atom. The average molecular weight is 471 g/mol. The molecule has 0 spiro atoms. The molecule has 1 saturated heterocycles. The predicted octanol–water partition coefficient (Wildman–Crippen LogP) is 7.59. The first-order chi connectivity index (χ1) is 12.7. The summed E-state index contributed by atoms with van der Waals surface area (Å²) in [6.07, 6.45) is 2.86. The van der Waals surface area contributed by atoms with Crippen LogP contribution in [0, 0.1) is 0 Å². The monoisotopic (exact) mass is 469 g/mol. The molecule has 2 aliphatic rings. The number of rotatable bonds is 3. The number of fused-ring (bicyclic) bond motifs is 5. The molecule has 3 aromatic rings. The van der Waals surface area contributed by atoms with Crippen molar-refractivity contribution in [2.24, 2.45) is 0 Å². The van der Waals surface area contributed by atoms with E-state index >= 15 is 0 Å². The normalized spacial score (nSPS) is 20.2. The van der Waals surface area contributed by atoms with Crippen LogP contribution in [0.2, 0.25) is 0 Å². The van der Waals surface area contributed by atoms with Gasteiger partial charge in [0, 0.05) is 26.0 Å². The Kier molecular flexibility index (Phi) is 4.15. The van der Waals surface area contributed by atoms with Gasteiger partial charge < -0.3 is 9.64 Å². The van der Waals surface area contributed by atoms with Crippen molar-refractivity contribution in [3.8, 4) is 0 Å². The van der Waals surface area contributed by atoms with Crippen molar-refractivity contribution in [3.63, 3.8) is 0 Å². The van der Waals surface area contributed by atoms with Crippen LogP contribution in [-0.4, -0.2) is 0 Å². The summed E-state index contributed by atoms with van der Waals surface area (Å²) < 4.78 is 8.25. The van der Waals surface area contributed by atoms with Crippen LogP contribution in [0.3, 0.4) is 0 Å². The third kappa shape index (κ3) is 2.81. The van der Waals surface area contributed by atoms with Gasteiger partial charge in [0.1, 0.15) is 0 Å². The third-order valence-electron chi connectivity index (χ3n) is 5.21. The largest absolute Gasteiger partial charge is 0.366 e. The van der Waals surface area contributed by atoms with E-state index in [2.05, 4.69) is 103 Å². The summed E-state index contributed by atoms with van der Waals surface area (Å²) in [5, 5.41) is 0. The van der Waals surface area contributed by atoms with Crippen LogP contribution in [0.4, 0.5) is 17.1 Å². The molecule has 1 fully saturated rings. The highest BCUT2D eigenvalue weighted by Gasteiger charge is 2.38. The fourth-order valence-corrected chi connectivity index (χ4v) is 4.52. The molecule has 0 aromatic heterocycles. The van der Waals surface area contributed by atoms with Gasteiger partial charge in [-0.3, -0.25) is 0 Å². The van der Waals surface area contributed by atoms with Gasteiger partial charge in [0.15, 0.2) is 0 Å². The molecule has 3 aromatic carbocycles. The van der Waals surface area contributed by atoms with E-state index < -0.39 is 0 Å². The minimum absolute atomic E-state index is 0.270. The van der Waals surface area contributed by atoms with Crippen LogP contribution >= 0.6 is 31.9 Å². The molecule has 2 bridgehead atoms. The standard InChI is InChI=1S/C22H17Br2NO/c23-14-1-5-16(6-2-14)25(17-7-3-15(24)4-8-17)18-9-10-19-20(13-18)22-12-11-21(19)26-22/h1-10,13,21-22H,11-12H2. The van der Waals surface area contributed by atoms with Crippen LogP contribution in [0.15, 0.2) is 75.7 Å². The van der Waals surface area contributed by atoms with E-state index in [9.17, 15) is 0 Å². The van der Waals surface area contributed by atoms with Crippen molar-refractivity contribution in [1.82, 2.24) is 0 Å². The zero-order valence-corrected chi connectivity index (χ0v) is 17.2. The molecule has 0 N–H and O–H groups in total. The van der Waals surface area contributed by atoms with Gasteiger partial charge >= 0.3 is 0 Å². The van der Waals surface area contributed by atoms with Crippen molar-refractivity contribution in [2.45, 2.75) is 25.0 Å². The molecule has 2 atom stereocenters. The van der Waals surface area contributed by atoms with Crippen LogP contribution in [0.1, 0.15) is 36.2 Å².